The van der Waals surface area contributed by atoms with Crippen LogP contribution in [0.25, 0.3) is 0 Å². The molecule has 0 aliphatic rings. The van der Waals surface area contributed by atoms with E-state index in [-0.39, 0.29) is 0 Å². The van der Waals surface area contributed by atoms with Crippen LogP contribution in [-0.2, 0) is 6.42 Å². The number of nitrogens with two attached hydrogens (primary N) is 1. The highest BCUT2D eigenvalue weighted by atomic mass is 79.9. The Kier molecular flexibility index (Phi) is 5.50. The normalized spacial score (nSPS) is 14.8. The van der Waals surface area contributed by atoms with Crippen LogP contribution in [0.4, 0.5) is 0 Å². The van der Waals surface area contributed by atoms with Crippen molar-refractivity contribution in [3.8, 4) is 0 Å². The van der Waals surface area contributed by atoms with Crippen molar-refractivity contribution in [3.63, 3.8) is 0 Å². The first-order valence-electron chi connectivity index (χ1n) is 6.08. The second kappa shape index (κ2) is 6.41. The Bertz CT molecular complexity index is 336. The summed E-state index contributed by atoms with van der Waals surface area (Å²) in [5.74, 6) is 1.22. The summed E-state index contributed by atoms with van der Waals surface area (Å²) in [6.07, 6.45) is 2.17. The summed E-state index contributed by atoms with van der Waals surface area (Å²) in [6, 6.07) is 6.74. The van der Waals surface area contributed by atoms with E-state index in [0.29, 0.717) is 11.8 Å². The molecule has 1 aromatic rings. The molecule has 0 aliphatic carbocycles. The third-order valence-electron chi connectivity index (χ3n) is 3.46. The van der Waals surface area contributed by atoms with Gasteiger partial charge in [0.15, 0.2) is 0 Å². The van der Waals surface area contributed by atoms with Gasteiger partial charge in [-0.1, -0.05) is 48.8 Å². The molecule has 16 heavy (non-hydrogen) atoms. The Morgan fingerprint density at radius 3 is 2.50 bits per heavy atom. The van der Waals surface area contributed by atoms with Crippen LogP contribution in [-0.4, -0.2) is 6.54 Å². The monoisotopic (exact) mass is 283 g/mol. The van der Waals surface area contributed by atoms with Crippen molar-refractivity contribution in [3.05, 3.63) is 33.8 Å². The summed E-state index contributed by atoms with van der Waals surface area (Å²) >= 11 is 3.64. The lowest BCUT2D eigenvalue weighted by atomic mass is 9.86. The van der Waals surface area contributed by atoms with Crippen LogP contribution in [0.5, 0.6) is 0 Å². The van der Waals surface area contributed by atoms with Gasteiger partial charge in [0.2, 0.25) is 0 Å². The first kappa shape index (κ1) is 13.7. The molecule has 0 heterocycles. The van der Waals surface area contributed by atoms with Crippen molar-refractivity contribution < 1.29 is 0 Å². The van der Waals surface area contributed by atoms with Crippen LogP contribution in [0, 0.1) is 5.92 Å². The van der Waals surface area contributed by atoms with E-state index in [1.807, 2.05) is 0 Å². The van der Waals surface area contributed by atoms with Crippen LogP contribution >= 0.6 is 15.9 Å². The molecule has 0 saturated carbocycles. The highest BCUT2D eigenvalue weighted by Crippen LogP contribution is 2.29. The Labute approximate surface area is 108 Å². The molecule has 1 nitrogen and oxygen atoms in total. The topological polar surface area (TPSA) is 26.0 Å². The second-order valence-corrected chi connectivity index (χ2v) is 5.40. The number of hydrogen-bond acceptors (Lipinski definition) is 1. The maximum atomic E-state index is 5.61. The van der Waals surface area contributed by atoms with E-state index in [0.717, 1.165) is 19.4 Å². The van der Waals surface area contributed by atoms with E-state index < -0.39 is 0 Å². The average molecular weight is 284 g/mol. The lowest BCUT2D eigenvalue weighted by Gasteiger charge is -2.20. The van der Waals surface area contributed by atoms with Crippen LogP contribution in [0.3, 0.4) is 0 Å². The standard InChI is InChI=1S/C14H22BrN/c1-4-12-5-6-13(9-14(12)15)11(3)10(2)7-8-16/h5-6,9-11H,4,7-8,16H2,1-3H3. The van der Waals surface area contributed by atoms with E-state index in [4.69, 9.17) is 5.73 Å². The van der Waals surface area contributed by atoms with Gasteiger partial charge in [-0.2, -0.15) is 0 Å². The smallest absolute Gasteiger partial charge is 0.0210 e. The van der Waals surface area contributed by atoms with Gasteiger partial charge in [-0.15, -0.1) is 0 Å². The largest absolute Gasteiger partial charge is 0.330 e. The molecule has 2 unspecified atom stereocenters. The first-order valence-corrected chi connectivity index (χ1v) is 6.87. The van der Waals surface area contributed by atoms with E-state index in [1.54, 1.807) is 0 Å². The van der Waals surface area contributed by atoms with Gasteiger partial charge in [0.05, 0.1) is 0 Å². The van der Waals surface area contributed by atoms with Crippen LogP contribution in [0.2, 0.25) is 0 Å². The van der Waals surface area contributed by atoms with E-state index in [1.165, 1.54) is 15.6 Å². The number of aryl methyl sites for hydroxylation is 1. The summed E-state index contributed by atoms with van der Waals surface area (Å²) in [5.41, 5.74) is 8.40. The molecule has 1 aromatic carbocycles. The Morgan fingerprint density at radius 2 is 2.00 bits per heavy atom. The van der Waals surface area contributed by atoms with Gasteiger partial charge in [0.1, 0.15) is 0 Å². The van der Waals surface area contributed by atoms with Crippen molar-refractivity contribution in [1.82, 2.24) is 0 Å². The minimum Gasteiger partial charge on any atom is -0.330 e. The van der Waals surface area contributed by atoms with E-state index in [9.17, 15) is 0 Å². The van der Waals surface area contributed by atoms with Crippen molar-refractivity contribution in [2.24, 2.45) is 11.7 Å². The van der Waals surface area contributed by atoms with Crippen molar-refractivity contribution in [2.75, 3.05) is 6.54 Å². The number of benzene rings is 1. The minimum absolute atomic E-state index is 0.575. The molecule has 2 atom stereocenters. The quantitative estimate of drug-likeness (QED) is 0.865. The SMILES string of the molecule is CCc1ccc(C(C)C(C)CCN)cc1Br. The lowest BCUT2D eigenvalue weighted by Crippen LogP contribution is -2.12. The summed E-state index contributed by atoms with van der Waals surface area (Å²) in [5, 5.41) is 0. The highest BCUT2D eigenvalue weighted by Gasteiger charge is 2.14. The summed E-state index contributed by atoms with van der Waals surface area (Å²) in [6.45, 7) is 7.52. The van der Waals surface area contributed by atoms with Gasteiger partial charge >= 0.3 is 0 Å². The molecule has 0 spiro atoms. The van der Waals surface area contributed by atoms with E-state index in [2.05, 4.69) is 54.9 Å². The zero-order valence-corrected chi connectivity index (χ0v) is 12.0. The Balaban J connectivity index is 2.84. The fraction of sp³-hybridized carbons (Fsp3) is 0.571. The van der Waals surface area contributed by atoms with Crippen LogP contribution < -0.4 is 5.73 Å². The zero-order valence-electron chi connectivity index (χ0n) is 10.5. The summed E-state index contributed by atoms with van der Waals surface area (Å²) < 4.78 is 1.24. The maximum Gasteiger partial charge on any atom is 0.0210 e. The fourth-order valence-electron chi connectivity index (χ4n) is 1.97. The third-order valence-corrected chi connectivity index (χ3v) is 4.20. The Morgan fingerprint density at radius 1 is 1.31 bits per heavy atom. The molecule has 0 saturated heterocycles. The molecule has 2 heteroatoms. The molecule has 0 radical (unpaired) electrons. The summed E-state index contributed by atoms with van der Waals surface area (Å²) in [7, 11) is 0. The lowest BCUT2D eigenvalue weighted by molar-refractivity contribution is 0.459. The van der Waals surface area contributed by atoms with Crippen molar-refractivity contribution in [2.45, 2.75) is 39.5 Å². The number of halogens is 1. The van der Waals surface area contributed by atoms with Crippen molar-refractivity contribution in [1.29, 1.82) is 0 Å². The fourth-order valence-corrected chi connectivity index (χ4v) is 2.65. The molecule has 90 valence electrons. The molecule has 0 amide bonds. The van der Waals surface area contributed by atoms with Crippen molar-refractivity contribution >= 4 is 15.9 Å². The Hall–Kier alpha value is -0.340. The maximum absolute atomic E-state index is 5.61. The number of hydrogen-bond donors (Lipinski definition) is 1. The van der Waals surface area contributed by atoms with Crippen LogP contribution in [0.15, 0.2) is 22.7 Å². The van der Waals surface area contributed by atoms with Crippen LogP contribution in [0.1, 0.15) is 44.2 Å². The van der Waals surface area contributed by atoms with Gasteiger partial charge in [0, 0.05) is 4.47 Å². The third kappa shape index (κ3) is 3.33. The minimum atomic E-state index is 0.575. The predicted molar refractivity (Wildman–Crippen MR) is 74.8 cm³/mol. The molecule has 0 fully saturated rings. The molecule has 0 bridgehead atoms. The molecular weight excluding hydrogens is 262 g/mol. The highest BCUT2D eigenvalue weighted by molar-refractivity contribution is 9.10. The molecule has 2 N–H and O–H groups in total. The zero-order chi connectivity index (χ0) is 12.1. The number of rotatable bonds is 5. The molecule has 0 aromatic heterocycles. The van der Waals surface area contributed by atoms with Gasteiger partial charge in [0.25, 0.3) is 0 Å². The van der Waals surface area contributed by atoms with E-state index >= 15 is 0 Å². The molecule has 0 aliphatic heterocycles. The second-order valence-electron chi connectivity index (χ2n) is 4.55. The summed E-state index contributed by atoms with van der Waals surface area (Å²) in [4.78, 5) is 0. The molecular formula is C14H22BrN. The predicted octanol–water partition coefficient (Wildman–Crippen LogP) is 4.10. The van der Waals surface area contributed by atoms with Gasteiger partial charge in [-0.25, -0.2) is 0 Å². The molecule has 1 rings (SSSR count). The first-order chi connectivity index (χ1) is 7.60. The average Bonchev–Trinajstić information content (AvgIpc) is 2.28. The van der Waals surface area contributed by atoms with Gasteiger partial charge in [-0.05, 0) is 48.4 Å². The van der Waals surface area contributed by atoms with Gasteiger partial charge < -0.3 is 5.73 Å². The van der Waals surface area contributed by atoms with Gasteiger partial charge in [-0.3, -0.25) is 0 Å².